The van der Waals surface area contributed by atoms with Crippen LogP contribution in [0, 0.1) is 13.8 Å². The molecule has 3 rings (SSSR count). The SMILES string of the molecule is Cc1ccc(S(=O)(=O)N2CCC(=O)N(CCOCc3ccccc3C)CC2)cc1. The molecule has 2 aromatic rings. The average Bonchev–Trinajstić information content (AvgIpc) is 2.89. The zero-order chi connectivity index (χ0) is 20.9. The van der Waals surface area contributed by atoms with Gasteiger partial charge in [-0.25, -0.2) is 8.42 Å². The molecule has 29 heavy (non-hydrogen) atoms. The highest BCUT2D eigenvalue weighted by Crippen LogP contribution is 2.18. The maximum Gasteiger partial charge on any atom is 0.243 e. The predicted octanol–water partition coefficient (Wildman–Crippen LogP) is 2.74. The minimum Gasteiger partial charge on any atom is -0.375 e. The second-order valence-corrected chi connectivity index (χ2v) is 9.26. The fraction of sp³-hybridized carbons (Fsp3) is 0.409. The molecule has 1 aliphatic rings. The van der Waals surface area contributed by atoms with Gasteiger partial charge in [0.2, 0.25) is 15.9 Å². The number of rotatable bonds is 7. The highest BCUT2D eigenvalue weighted by molar-refractivity contribution is 7.89. The zero-order valence-electron chi connectivity index (χ0n) is 17.0. The molecular weight excluding hydrogens is 388 g/mol. The quantitative estimate of drug-likeness (QED) is 0.651. The normalized spacial score (nSPS) is 16.1. The van der Waals surface area contributed by atoms with Crippen LogP contribution in [0.25, 0.3) is 0 Å². The molecule has 1 heterocycles. The van der Waals surface area contributed by atoms with Crippen LogP contribution < -0.4 is 0 Å². The van der Waals surface area contributed by atoms with Gasteiger partial charge in [0.05, 0.1) is 18.1 Å². The predicted molar refractivity (Wildman–Crippen MR) is 112 cm³/mol. The summed E-state index contributed by atoms with van der Waals surface area (Å²) in [6.07, 6.45) is 0.183. The van der Waals surface area contributed by atoms with Gasteiger partial charge >= 0.3 is 0 Å². The number of carbonyl (C=O) groups is 1. The van der Waals surface area contributed by atoms with Crippen molar-refractivity contribution in [2.75, 3.05) is 32.8 Å². The standard InChI is InChI=1S/C22H28N2O4S/c1-18-7-9-21(10-8-18)29(26,27)24-12-11-22(25)23(13-14-24)15-16-28-17-20-6-4-3-5-19(20)2/h3-10H,11-17H2,1-2H3. The van der Waals surface area contributed by atoms with Crippen molar-refractivity contribution in [2.24, 2.45) is 0 Å². The number of ether oxygens (including phenoxy) is 1. The van der Waals surface area contributed by atoms with E-state index in [0.29, 0.717) is 32.8 Å². The van der Waals surface area contributed by atoms with E-state index in [1.807, 2.05) is 38.1 Å². The third-order valence-electron chi connectivity index (χ3n) is 5.23. The molecule has 0 atom stereocenters. The number of hydrogen-bond donors (Lipinski definition) is 0. The van der Waals surface area contributed by atoms with Crippen LogP contribution in [0.5, 0.6) is 0 Å². The lowest BCUT2D eigenvalue weighted by Gasteiger charge is -2.22. The summed E-state index contributed by atoms with van der Waals surface area (Å²) < 4.78 is 32.9. The molecule has 1 fully saturated rings. The van der Waals surface area contributed by atoms with Crippen molar-refractivity contribution in [1.29, 1.82) is 0 Å². The maximum atomic E-state index is 12.9. The highest BCUT2D eigenvalue weighted by atomic mass is 32.2. The number of sulfonamides is 1. The molecule has 0 aromatic heterocycles. The second-order valence-electron chi connectivity index (χ2n) is 7.33. The fourth-order valence-corrected chi connectivity index (χ4v) is 4.74. The molecule has 1 aliphatic heterocycles. The van der Waals surface area contributed by atoms with E-state index >= 15 is 0 Å². The molecule has 2 aromatic carbocycles. The van der Waals surface area contributed by atoms with Crippen molar-refractivity contribution in [3.63, 3.8) is 0 Å². The van der Waals surface area contributed by atoms with Crippen molar-refractivity contribution >= 4 is 15.9 Å². The van der Waals surface area contributed by atoms with Gasteiger partial charge in [0, 0.05) is 32.6 Å². The van der Waals surface area contributed by atoms with Crippen molar-refractivity contribution in [3.8, 4) is 0 Å². The second kappa shape index (κ2) is 9.52. The molecule has 0 saturated carbocycles. The van der Waals surface area contributed by atoms with Crippen molar-refractivity contribution in [1.82, 2.24) is 9.21 Å². The number of carbonyl (C=O) groups excluding carboxylic acids is 1. The van der Waals surface area contributed by atoms with Gasteiger partial charge in [-0.2, -0.15) is 4.31 Å². The molecule has 6 nitrogen and oxygen atoms in total. The van der Waals surface area contributed by atoms with E-state index in [2.05, 4.69) is 0 Å². The molecule has 0 bridgehead atoms. The van der Waals surface area contributed by atoms with E-state index in [-0.39, 0.29) is 23.8 Å². The van der Waals surface area contributed by atoms with Crippen LogP contribution in [0.2, 0.25) is 0 Å². The van der Waals surface area contributed by atoms with Crippen LogP contribution in [0.15, 0.2) is 53.4 Å². The van der Waals surface area contributed by atoms with Crippen LogP contribution in [0.3, 0.4) is 0 Å². The lowest BCUT2D eigenvalue weighted by atomic mass is 10.1. The van der Waals surface area contributed by atoms with E-state index in [9.17, 15) is 13.2 Å². The number of aryl methyl sites for hydroxylation is 2. The largest absolute Gasteiger partial charge is 0.375 e. The summed E-state index contributed by atoms with van der Waals surface area (Å²) >= 11 is 0. The maximum absolute atomic E-state index is 12.9. The summed E-state index contributed by atoms with van der Waals surface area (Å²) in [5.74, 6) is -0.0360. The third-order valence-corrected chi connectivity index (χ3v) is 7.14. The molecule has 156 valence electrons. The smallest absolute Gasteiger partial charge is 0.243 e. The zero-order valence-corrected chi connectivity index (χ0v) is 17.8. The van der Waals surface area contributed by atoms with Crippen LogP contribution in [-0.2, 0) is 26.2 Å². The molecule has 1 saturated heterocycles. The van der Waals surface area contributed by atoms with E-state index < -0.39 is 10.0 Å². The van der Waals surface area contributed by atoms with Crippen LogP contribution in [0.1, 0.15) is 23.1 Å². The van der Waals surface area contributed by atoms with Gasteiger partial charge in [0.25, 0.3) is 0 Å². The summed E-state index contributed by atoms with van der Waals surface area (Å²) in [6, 6.07) is 14.9. The van der Waals surface area contributed by atoms with E-state index in [1.54, 1.807) is 29.2 Å². The lowest BCUT2D eigenvalue weighted by molar-refractivity contribution is -0.131. The van der Waals surface area contributed by atoms with Gasteiger partial charge in [-0.3, -0.25) is 4.79 Å². The number of benzene rings is 2. The Hall–Kier alpha value is -2.22. The monoisotopic (exact) mass is 416 g/mol. The summed E-state index contributed by atoms with van der Waals surface area (Å²) in [5.41, 5.74) is 3.31. The average molecular weight is 417 g/mol. The number of nitrogens with zero attached hydrogens (tertiary/aromatic N) is 2. The van der Waals surface area contributed by atoms with E-state index in [1.165, 1.54) is 9.87 Å². The topological polar surface area (TPSA) is 66.9 Å². The number of hydrogen-bond acceptors (Lipinski definition) is 4. The van der Waals surface area contributed by atoms with Crippen LogP contribution in [-0.4, -0.2) is 56.3 Å². The van der Waals surface area contributed by atoms with Crippen LogP contribution >= 0.6 is 0 Å². The molecule has 0 aliphatic carbocycles. The van der Waals surface area contributed by atoms with Crippen molar-refractivity contribution < 1.29 is 17.9 Å². The molecular formula is C22H28N2O4S. The summed E-state index contributed by atoms with van der Waals surface area (Å²) in [4.78, 5) is 14.4. The van der Waals surface area contributed by atoms with E-state index in [4.69, 9.17) is 4.74 Å². The van der Waals surface area contributed by atoms with Crippen molar-refractivity contribution in [3.05, 3.63) is 65.2 Å². The lowest BCUT2D eigenvalue weighted by Crippen LogP contribution is -2.37. The first-order chi connectivity index (χ1) is 13.9. The van der Waals surface area contributed by atoms with Crippen LogP contribution in [0.4, 0.5) is 0 Å². The summed E-state index contributed by atoms with van der Waals surface area (Å²) in [5, 5.41) is 0. The highest BCUT2D eigenvalue weighted by Gasteiger charge is 2.29. The van der Waals surface area contributed by atoms with Gasteiger partial charge in [-0.15, -0.1) is 0 Å². The molecule has 7 heteroatoms. The Morgan fingerprint density at radius 1 is 0.966 bits per heavy atom. The molecule has 0 radical (unpaired) electrons. The Bertz CT molecular complexity index is 942. The molecule has 0 unspecified atom stereocenters. The van der Waals surface area contributed by atoms with Gasteiger partial charge < -0.3 is 9.64 Å². The number of amides is 1. The molecule has 0 spiro atoms. The Balaban J connectivity index is 1.54. The Morgan fingerprint density at radius 2 is 1.69 bits per heavy atom. The Labute approximate surface area is 173 Å². The van der Waals surface area contributed by atoms with Gasteiger partial charge in [0.15, 0.2) is 0 Å². The van der Waals surface area contributed by atoms with Gasteiger partial charge in [-0.1, -0.05) is 42.0 Å². The summed E-state index contributed by atoms with van der Waals surface area (Å²) in [6.45, 7) is 6.21. The fourth-order valence-electron chi connectivity index (χ4n) is 3.31. The van der Waals surface area contributed by atoms with Gasteiger partial charge in [-0.05, 0) is 37.1 Å². The first-order valence-electron chi connectivity index (χ1n) is 9.85. The van der Waals surface area contributed by atoms with E-state index in [0.717, 1.165) is 11.1 Å². The minimum absolute atomic E-state index is 0.0360. The molecule has 0 N–H and O–H groups in total. The van der Waals surface area contributed by atoms with Crippen molar-refractivity contribution in [2.45, 2.75) is 31.8 Å². The molecule has 1 amide bonds. The third kappa shape index (κ3) is 5.44. The Kier molecular flexibility index (Phi) is 7.05. The van der Waals surface area contributed by atoms with Gasteiger partial charge in [0.1, 0.15) is 0 Å². The first-order valence-corrected chi connectivity index (χ1v) is 11.3. The summed E-state index contributed by atoms with van der Waals surface area (Å²) in [7, 11) is -3.59. The Morgan fingerprint density at radius 3 is 2.41 bits per heavy atom. The first kappa shape index (κ1) is 21.5. The minimum atomic E-state index is -3.59.